The van der Waals surface area contributed by atoms with Crippen molar-refractivity contribution in [2.75, 3.05) is 4.90 Å². The zero-order valence-corrected chi connectivity index (χ0v) is 29.4. The molecule has 10 aromatic rings. The van der Waals surface area contributed by atoms with Crippen LogP contribution < -0.4 is 4.90 Å². The van der Waals surface area contributed by atoms with Gasteiger partial charge in [0.1, 0.15) is 0 Å². The van der Waals surface area contributed by atoms with E-state index in [9.17, 15) is 0 Å². The quantitative estimate of drug-likeness (QED) is 0.159. The van der Waals surface area contributed by atoms with Gasteiger partial charge in [-0.1, -0.05) is 145 Å². The second-order valence-electron chi connectivity index (χ2n) is 13.8. The number of fused-ring (bicyclic) bond motifs is 5. The lowest BCUT2D eigenvalue weighted by atomic mass is 9.86. The van der Waals surface area contributed by atoms with Crippen molar-refractivity contribution in [1.29, 1.82) is 0 Å². The number of aromatic nitrogens is 1. The van der Waals surface area contributed by atoms with Crippen molar-refractivity contribution in [2.45, 2.75) is 6.92 Å². The lowest BCUT2D eigenvalue weighted by Gasteiger charge is -2.25. The number of anilines is 3. The lowest BCUT2D eigenvalue weighted by Crippen LogP contribution is -2.09. The van der Waals surface area contributed by atoms with Crippen molar-refractivity contribution in [3.63, 3.8) is 0 Å². The highest BCUT2D eigenvalue weighted by Crippen LogP contribution is 2.44. The van der Waals surface area contributed by atoms with Crippen molar-refractivity contribution in [2.24, 2.45) is 0 Å². The fourth-order valence-corrected chi connectivity index (χ4v) is 8.31. The van der Waals surface area contributed by atoms with E-state index in [-0.39, 0.29) is 0 Å². The molecule has 2 heteroatoms. The molecule has 0 aliphatic rings. The normalized spacial score (nSPS) is 11.5. The van der Waals surface area contributed by atoms with Gasteiger partial charge in [-0.2, -0.15) is 0 Å². The minimum atomic E-state index is 1.13. The largest absolute Gasteiger partial charge is 0.310 e. The van der Waals surface area contributed by atoms with Crippen LogP contribution in [0.25, 0.3) is 71.3 Å². The molecule has 0 atom stereocenters. The summed E-state index contributed by atoms with van der Waals surface area (Å²) >= 11 is 0. The Kier molecular flexibility index (Phi) is 7.40. The highest BCUT2D eigenvalue weighted by Gasteiger charge is 2.19. The summed E-state index contributed by atoms with van der Waals surface area (Å²) in [6.07, 6.45) is 0. The van der Waals surface area contributed by atoms with E-state index in [4.69, 9.17) is 0 Å². The minimum Gasteiger partial charge on any atom is -0.310 e. The molecule has 0 fully saturated rings. The number of aryl methyl sites for hydroxylation is 1. The molecule has 0 aliphatic heterocycles. The van der Waals surface area contributed by atoms with Gasteiger partial charge in [0.15, 0.2) is 0 Å². The third kappa shape index (κ3) is 5.19. The predicted octanol–water partition coefficient (Wildman–Crippen LogP) is 14.2. The Morgan fingerprint density at radius 2 is 0.849 bits per heavy atom. The van der Waals surface area contributed by atoms with Crippen molar-refractivity contribution in [1.82, 2.24) is 4.57 Å². The lowest BCUT2D eigenvalue weighted by molar-refractivity contribution is 1.18. The summed E-state index contributed by atoms with van der Waals surface area (Å²) in [6, 6.07) is 72.7. The molecule has 2 nitrogen and oxygen atoms in total. The molecule has 0 radical (unpaired) electrons. The van der Waals surface area contributed by atoms with Crippen molar-refractivity contribution in [3.8, 4) is 27.9 Å². The molecular formula is C51H36N2. The maximum absolute atomic E-state index is 2.41. The summed E-state index contributed by atoms with van der Waals surface area (Å²) in [5.41, 5.74) is 13.2. The van der Waals surface area contributed by atoms with E-state index in [0.29, 0.717) is 0 Å². The molecule has 0 spiro atoms. The van der Waals surface area contributed by atoms with E-state index < -0.39 is 0 Å². The topological polar surface area (TPSA) is 8.17 Å². The Bertz CT molecular complexity index is 2840. The smallest absolute Gasteiger partial charge is 0.0542 e. The number of benzene rings is 9. The second-order valence-corrected chi connectivity index (χ2v) is 13.8. The van der Waals surface area contributed by atoms with Crippen LogP contribution in [0.4, 0.5) is 17.1 Å². The van der Waals surface area contributed by atoms with Gasteiger partial charge in [0, 0.05) is 33.5 Å². The highest BCUT2D eigenvalue weighted by atomic mass is 15.1. The molecule has 0 saturated carbocycles. The average Bonchev–Trinajstić information content (AvgIpc) is 3.54. The van der Waals surface area contributed by atoms with E-state index in [1.807, 2.05) is 0 Å². The van der Waals surface area contributed by atoms with Crippen LogP contribution in [-0.4, -0.2) is 4.57 Å². The van der Waals surface area contributed by atoms with Gasteiger partial charge in [-0.15, -0.1) is 0 Å². The number of para-hydroxylation sites is 3. The van der Waals surface area contributed by atoms with Crippen LogP contribution in [0.15, 0.2) is 200 Å². The van der Waals surface area contributed by atoms with Crippen molar-refractivity contribution in [3.05, 3.63) is 206 Å². The molecule has 1 heterocycles. The number of nitrogens with zero attached hydrogens (tertiary/aromatic N) is 2. The van der Waals surface area contributed by atoms with Crippen LogP contribution in [0.3, 0.4) is 0 Å². The van der Waals surface area contributed by atoms with Gasteiger partial charge >= 0.3 is 0 Å². The third-order valence-electron chi connectivity index (χ3n) is 10.6. The summed E-state index contributed by atoms with van der Waals surface area (Å²) in [5.74, 6) is 0. The third-order valence-corrected chi connectivity index (χ3v) is 10.6. The molecule has 0 aliphatic carbocycles. The summed E-state index contributed by atoms with van der Waals surface area (Å²) in [6.45, 7) is 2.17. The SMILES string of the molecule is Cc1cccc(-c2c3ccccc3c(-c3ccc(-n4c5ccccc5c5cc(N(c6ccccc6)c6ccccc6)ccc54)cc3)c3ccccc23)c1. The number of rotatable bonds is 6. The Morgan fingerprint density at radius 1 is 0.340 bits per heavy atom. The van der Waals surface area contributed by atoms with Gasteiger partial charge in [-0.05, 0) is 111 Å². The monoisotopic (exact) mass is 676 g/mol. The molecular weight excluding hydrogens is 641 g/mol. The van der Waals surface area contributed by atoms with Crippen LogP contribution in [0, 0.1) is 6.92 Å². The molecule has 1 aromatic heterocycles. The highest BCUT2D eigenvalue weighted by molar-refractivity contribution is 6.21. The first-order valence-electron chi connectivity index (χ1n) is 18.3. The van der Waals surface area contributed by atoms with Crippen LogP contribution in [0.2, 0.25) is 0 Å². The van der Waals surface area contributed by atoms with E-state index in [0.717, 1.165) is 22.7 Å². The van der Waals surface area contributed by atoms with Crippen molar-refractivity contribution < 1.29 is 0 Å². The van der Waals surface area contributed by atoms with E-state index >= 15 is 0 Å². The minimum absolute atomic E-state index is 1.13. The predicted molar refractivity (Wildman–Crippen MR) is 226 cm³/mol. The number of hydrogen-bond acceptors (Lipinski definition) is 1. The van der Waals surface area contributed by atoms with Gasteiger partial charge in [-0.3, -0.25) is 0 Å². The summed E-state index contributed by atoms with van der Waals surface area (Å²) in [4.78, 5) is 2.33. The first-order chi connectivity index (χ1) is 26.2. The van der Waals surface area contributed by atoms with Gasteiger partial charge < -0.3 is 9.47 Å². The average molecular weight is 677 g/mol. The first kappa shape index (κ1) is 30.9. The van der Waals surface area contributed by atoms with Crippen LogP contribution in [-0.2, 0) is 0 Å². The van der Waals surface area contributed by atoms with Crippen LogP contribution >= 0.6 is 0 Å². The zero-order chi connectivity index (χ0) is 35.3. The second kappa shape index (κ2) is 12.7. The standard InChI is InChI=1S/C51H36N2/c1-35-15-14-16-37(33-35)51-45-24-10-8-22-43(45)50(44-23-9-11-25-46(44)51)36-27-29-40(30-28-36)53-48-26-13-12-21-42(48)47-34-41(31-32-49(47)53)52(38-17-4-2-5-18-38)39-19-6-3-7-20-39/h2-34H,1H3. The van der Waals surface area contributed by atoms with E-state index in [1.165, 1.54) is 71.2 Å². The Labute approximate surface area is 309 Å². The van der Waals surface area contributed by atoms with E-state index in [1.54, 1.807) is 0 Å². The molecule has 250 valence electrons. The molecule has 0 amide bonds. The molecule has 0 unspecified atom stereocenters. The summed E-state index contributed by atoms with van der Waals surface area (Å²) < 4.78 is 2.41. The van der Waals surface area contributed by atoms with Crippen LogP contribution in [0.1, 0.15) is 5.56 Å². The van der Waals surface area contributed by atoms with Crippen LogP contribution in [0.5, 0.6) is 0 Å². The fraction of sp³-hybridized carbons (Fsp3) is 0.0196. The Hall–Kier alpha value is -6.90. The summed E-state index contributed by atoms with van der Waals surface area (Å²) in [5, 5.41) is 7.53. The maximum Gasteiger partial charge on any atom is 0.0542 e. The fourth-order valence-electron chi connectivity index (χ4n) is 8.31. The first-order valence-corrected chi connectivity index (χ1v) is 18.3. The van der Waals surface area contributed by atoms with Crippen molar-refractivity contribution >= 4 is 60.4 Å². The number of hydrogen-bond donors (Lipinski definition) is 0. The maximum atomic E-state index is 2.41. The van der Waals surface area contributed by atoms with Gasteiger partial charge in [0.05, 0.1) is 11.0 Å². The Morgan fingerprint density at radius 3 is 1.43 bits per heavy atom. The molecule has 0 bridgehead atoms. The molecule has 9 aromatic carbocycles. The summed E-state index contributed by atoms with van der Waals surface area (Å²) in [7, 11) is 0. The van der Waals surface area contributed by atoms with Gasteiger partial charge in [-0.25, -0.2) is 0 Å². The molecule has 10 rings (SSSR count). The molecule has 0 saturated heterocycles. The van der Waals surface area contributed by atoms with Gasteiger partial charge in [0.25, 0.3) is 0 Å². The molecule has 53 heavy (non-hydrogen) atoms. The van der Waals surface area contributed by atoms with E-state index in [2.05, 4.69) is 217 Å². The molecule has 0 N–H and O–H groups in total. The van der Waals surface area contributed by atoms with Gasteiger partial charge in [0.2, 0.25) is 0 Å². The zero-order valence-electron chi connectivity index (χ0n) is 29.4. The Balaban J connectivity index is 1.13.